The monoisotopic (exact) mass is 265 g/mol. The molecule has 0 bridgehead atoms. The predicted molar refractivity (Wildman–Crippen MR) is 71.3 cm³/mol. The number of hydrogen-bond acceptors (Lipinski definition) is 4. The molecule has 0 aromatic heterocycles. The number of primary amides is 1. The van der Waals surface area contributed by atoms with Gasteiger partial charge in [-0.2, -0.15) is 0 Å². The molecule has 0 saturated carbocycles. The normalized spacial score (nSPS) is 12.0. The first-order valence-corrected chi connectivity index (χ1v) is 5.99. The SMILES string of the molecule is CC(C)[C@H](N)C(=O)NCc1ccc(OC(N)=O)cc1. The second-order valence-corrected chi connectivity index (χ2v) is 4.55. The number of benzene rings is 1. The lowest BCUT2D eigenvalue weighted by molar-refractivity contribution is -0.123. The van der Waals surface area contributed by atoms with Gasteiger partial charge >= 0.3 is 6.09 Å². The van der Waals surface area contributed by atoms with E-state index in [9.17, 15) is 9.59 Å². The highest BCUT2D eigenvalue weighted by molar-refractivity contribution is 5.81. The fourth-order valence-electron chi connectivity index (χ4n) is 1.40. The third-order valence-corrected chi connectivity index (χ3v) is 2.63. The molecular formula is C13H19N3O3. The van der Waals surface area contributed by atoms with Crippen molar-refractivity contribution in [3.63, 3.8) is 0 Å². The average molecular weight is 265 g/mol. The highest BCUT2D eigenvalue weighted by Crippen LogP contribution is 2.12. The van der Waals surface area contributed by atoms with Crippen LogP contribution in [0, 0.1) is 5.92 Å². The van der Waals surface area contributed by atoms with Crippen LogP contribution < -0.4 is 21.5 Å². The molecular weight excluding hydrogens is 246 g/mol. The molecule has 0 saturated heterocycles. The second-order valence-electron chi connectivity index (χ2n) is 4.55. The third-order valence-electron chi connectivity index (χ3n) is 2.63. The Kier molecular flexibility index (Phi) is 5.32. The molecule has 1 aromatic rings. The first kappa shape index (κ1) is 15.0. The van der Waals surface area contributed by atoms with Gasteiger partial charge in [-0.3, -0.25) is 4.79 Å². The summed E-state index contributed by atoms with van der Waals surface area (Å²) < 4.78 is 4.70. The van der Waals surface area contributed by atoms with Crippen LogP contribution in [0.3, 0.4) is 0 Å². The number of carbonyl (C=O) groups is 2. The summed E-state index contributed by atoms with van der Waals surface area (Å²) in [5.74, 6) is 0.264. The molecule has 0 aliphatic carbocycles. The van der Waals surface area contributed by atoms with Crippen LogP contribution in [0.1, 0.15) is 19.4 Å². The fraction of sp³-hybridized carbons (Fsp3) is 0.385. The summed E-state index contributed by atoms with van der Waals surface area (Å²) in [5, 5.41) is 2.74. The molecule has 6 nitrogen and oxygen atoms in total. The zero-order valence-electron chi connectivity index (χ0n) is 11.1. The summed E-state index contributed by atoms with van der Waals surface area (Å²) in [4.78, 5) is 22.2. The Morgan fingerprint density at radius 1 is 1.26 bits per heavy atom. The summed E-state index contributed by atoms with van der Waals surface area (Å²) in [5.41, 5.74) is 11.5. The van der Waals surface area contributed by atoms with E-state index in [0.717, 1.165) is 5.56 Å². The number of nitrogens with two attached hydrogens (primary N) is 2. The lowest BCUT2D eigenvalue weighted by Gasteiger charge is -2.15. The largest absolute Gasteiger partial charge is 0.411 e. The van der Waals surface area contributed by atoms with Crippen molar-refractivity contribution in [2.75, 3.05) is 0 Å². The van der Waals surface area contributed by atoms with Gasteiger partial charge < -0.3 is 21.5 Å². The Bertz CT molecular complexity index is 443. The van der Waals surface area contributed by atoms with Crippen LogP contribution in [-0.4, -0.2) is 18.0 Å². The summed E-state index contributed by atoms with van der Waals surface area (Å²) >= 11 is 0. The summed E-state index contributed by atoms with van der Waals surface area (Å²) in [6, 6.07) is 6.17. The van der Waals surface area contributed by atoms with Gasteiger partial charge in [0.1, 0.15) is 5.75 Å². The van der Waals surface area contributed by atoms with Gasteiger partial charge in [-0.15, -0.1) is 0 Å². The number of nitrogens with one attached hydrogen (secondary N) is 1. The lowest BCUT2D eigenvalue weighted by atomic mass is 10.0. The van der Waals surface area contributed by atoms with E-state index in [1.807, 2.05) is 13.8 Å². The molecule has 0 spiro atoms. The maximum Gasteiger partial charge on any atom is 0.409 e. The minimum Gasteiger partial charge on any atom is -0.411 e. The molecule has 1 rings (SSSR count). The fourth-order valence-corrected chi connectivity index (χ4v) is 1.40. The van der Waals surface area contributed by atoms with E-state index < -0.39 is 12.1 Å². The molecule has 19 heavy (non-hydrogen) atoms. The zero-order chi connectivity index (χ0) is 14.4. The van der Waals surface area contributed by atoms with Crippen LogP contribution in [-0.2, 0) is 11.3 Å². The predicted octanol–water partition coefficient (Wildman–Crippen LogP) is 0.744. The molecule has 5 N–H and O–H groups in total. The molecule has 0 unspecified atom stereocenters. The molecule has 6 heteroatoms. The molecule has 0 aliphatic rings. The molecule has 1 aromatic carbocycles. The van der Waals surface area contributed by atoms with Gasteiger partial charge in [0.15, 0.2) is 0 Å². The van der Waals surface area contributed by atoms with E-state index in [4.69, 9.17) is 16.2 Å². The van der Waals surface area contributed by atoms with Crippen molar-refractivity contribution >= 4 is 12.0 Å². The maximum absolute atomic E-state index is 11.6. The van der Waals surface area contributed by atoms with Gasteiger partial charge in [0.05, 0.1) is 6.04 Å². The van der Waals surface area contributed by atoms with Crippen LogP contribution in [0.2, 0.25) is 0 Å². The Morgan fingerprint density at radius 2 is 1.84 bits per heavy atom. The van der Waals surface area contributed by atoms with Crippen LogP contribution in [0.15, 0.2) is 24.3 Å². The van der Waals surface area contributed by atoms with Crippen molar-refractivity contribution in [2.45, 2.75) is 26.4 Å². The molecule has 0 fully saturated rings. The lowest BCUT2D eigenvalue weighted by Crippen LogP contribution is -2.43. The first-order chi connectivity index (χ1) is 8.90. The van der Waals surface area contributed by atoms with Crippen molar-refractivity contribution in [3.8, 4) is 5.75 Å². The second kappa shape index (κ2) is 6.75. The summed E-state index contributed by atoms with van der Waals surface area (Å²) in [7, 11) is 0. The van der Waals surface area contributed by atoms with Gasteiger partial charge in [-0.1, -0.05) is 26.0 Å². The van der Waals surface area contributed by atoms with Crippen molar-refractivity contribution < 1.29 is 14.3 Å². The number of rotatable bonds is 5. The quantitative estimate of drug-likeness (QED) is 0.729. The Hall–Kier alpha value is -2.08. The van der Waals surface area contributed by atoms with Crippen molar-refractivity contribution in [2.24, 2.45) is 17.4 Å². The third kappa shape index (κ3) is 4.97. The van der Waals surface area contributed by atoms with Crippen molar-refractivity contribution in [1.29, 1.82) is 0 Å². The minimum absolute atomic E-state index is 0.0892. The number of ether oxygens (including phenoxy) is 1. The van der Waals surface area contributed by atoms with Gasteiger partial charge in [-0.05, 0) is 23.6 Å². The standard InChI is InChI=1S/C13H19N3O3/c1-8(2)11(14)12(17)16-7-9-3-5-10(6-4-9)19-13(15)18/h3-6,8,11H,7,14H2,1-2H3,(H2,15,18)(H,16,17)/t11-/m0/s1. The van der Waals surface area contributed by atoms with E-state index in [1.54, 1.807) is 24.3 Å². The highest BCUT2D eigenvalue weighted by Gasteiger charge is 2.16. The Balaban J connectivity index is 2.50. The van der Waals surface area contributed by atoms with Crippen LogP contribution in [0.4, 0.5) is 4.79 Å². The average Bonchev–Trinajstić information content (AvgIpc) is 2.35. The van der Waals surface area contributed by atoms with Gasteiger partial charge in [0, 0.05) is 6.54 Å². The van der Waals surface area contributed by atoms with Crippen molar-refractivity contribution in [3.05, 3.63) is 29.8 Å². The molecule has 2 amide bonds. The van der Waals surface area contributed by atoms with Gasteiger partial charge in [-0.25, -0.2) is 4.79 Å². The van der Waals surface area contributed by atoms with Crippen LogP contribution >= 0.6 is 0 Å². The summed E-state index contributed by atoms with van der Waals surface area (Å²) in [6.07, 6.45) is -0.857. The number of amides is 2. The molecule has 1 atom stereocenters. The van der Waals surface area contributed by atoms with E-state index in [2.05, 4.69) is 5.32 Å². The maximum atomic E-state index is 11.6. The number of carbonyl (C=O) groups excluding carboxylic acids is 2. The van der Waals surface area contributed by atoms with Crippen LogP contribution in [0.5, 0.6) is 5.75 Å². The molecule has 0 radical (unpaired) electrons. The Morgan fingerprint density at radius 3 is 2.32 bits per heavy atom. The molecule has 0 heterocycles. The minimum atomic E-state index is -0.857. The molecule has 0 aliphatic heterocycles. The first-order valence-electron chi connectivity index (χ1n) is 5.99. The topological polar surface area (TPSA) is 107 Å². The van der Waals surface area contributed by atoms with Gasteiger partial charge in [0.2, 0.25) is 5.91 Å². The van der Waals surface area contributed by atoms with E-state index in [0.29, 0.717) is 12.3 Å². The van der Waals surface area contributed by atoms with Gasteiger partial charge in [0.25, 0.3) is 0 Å². The van der Waals surface area contributed by atoms with E-state index in [1.165, 1.54) is 0 Å². The highest BCUT2D eigenvalue weighted by atomic mass is 16.5. The smallest absolute Gasteiger partial charge is 0.409 e. The zero-order valence-corrected chi connectivity index (χ0v) is 11.1. The summed E-state index contributed by atoms with van der Waals surface area (Å²) in [6.45, 7) is 4.15. The molecule has 104 valence electrons. The van der Waals surface area contributed by atoms with Crippen LogP contribution in [0.25, 0.3) is 0 Å². The van der Waals surface area contributed by atoms with E-state index >= 15 is 0 Å². The van der Waals surface area contributed by atoms with Crippen molar-refractivity contribution in [1.82, 2.24) is 5.32 Å². The van der Waals surface area contributed by atoms with E-state index in [-0.39, 0.29) is 11.8 Å². The Labute approximate surface area is 112 Å². The number of hydrogen-bond donors (Lipinski definition) is 3.